The summed E-state index contributed by atoms with van der Waals surface area (Å²) >= 11 is 6.44. The predicted octanol–water partition coefficient (Wildman–Crippen LogP) is 4.42. The third kappa shape index (κ3) is 5.92. The van der Waals surface area contributed by atoms with Gasteiger partial charge in [-0.15, -0.1) is 0 Å². The zero-order valence-corrected chi connectivity index (χ0v) is 17.6. The molecule has 0 aliphatic carbocycles. The summed E-state index contributed by atoms with van der Waals surface area (Å²) in [5.41, 5.74) is 1.90. The molecular weight excluding hydrogens is 406 g/mol. The molecule has 0 radical (unpaired) electrons. The molecule has 5 nitrogen and oxygen atoms in total. The van der Waals surface area contributed by atoms with Crippen molar-refractivity contribution in [2.24, 2.45) is 0 Å². The Morgan fingerprint density at radius 3 is 2.72 bits per heavy atom. The molecule has 2 aromatic rings. The molecule has 0 unspecified atom stereocenters. The minimum absolute atomic E-state index is 0.164. The number of hydrogen-bond acceptors (Lipinski definition) is 6. The van der Waals surface area contributed by atoms with E-state index in [1.807, 2.05) is 61.5 Å². The van der Waals surface area contributed by atoms with E-state index in [0.717, 1.165) is 17.5 Å². The first-order chi connectivity index (χ1) is 14.1. The van der Waals surface area contributed by atoms with Crippen molar-refractivity contribution >= 4 is 46.3 Å². The second-order valence-corrected chi connectivity index (χ2v) is 8.01. The van der Waals surface area contributed by atoms with Crippen molar-refractivity contribution in [3.8, 4) is 5.75 Å². The molecule has 1 saturated heterocycles. The van der Waals surface area contributed by atoms with Crippen LogP contribution >= 0.6 is 24.0 Å². The first-order valence-electron chi connectivity index (χ1n) is 9.24. The fourth-order valence-electron chi connectivity index (χ4n) is 2.61. The molecule has 0 bridgehead atoms. The number of esters is 1. The lowest BCUT2D eigenvalue weighted by Gasteiger charge is -2.13. The van der Waals surface area contributed by atoms with Crippen LogP contribution in [0.2, 0.25) is 0 Å². The monoisotopic (exact) mass is 427 g/mol. The van der Waals surface area contributed by atoms with Crippen molar-refractivity contribution in [3.63, 3.8) is 0 Å². The summed E-state index contributed by atoms with van der Waals surface area (Å²) in [7, 11) is 0. The molecule has 1 aliphatic heterocycles. The summed E-state index contributed by atoms with van der Waals surface area (Å²) in [5.74, 6) is -0.0361. The molecule has 1 fully saturated rings. The van der Waals surface area contributed by atoms with Gasteiger partial charge in [-0.25, -0.2) is 0 Å². The topological polar surface area (TPSA) is 55.8 Å². The number of rotatable bonds is 8. The van der Waals surface area contributed by atoms with Crippen molar-refractivity contribution in [3.05, 3.63) is 70.6 Å². The highest BCUT2D eigenvalue weighted by Gasteiger charge is 2.33. The van der Waals surface area contributed by atoms with Crippen molar-refractivity contribution in [1.82, 2.24) is 4.90 Å². The highest BCUT2D eigenvalue weighted by atomic mass is 32.2. The Morgan fingerprint density at radius 2 is 1.97 bits per heavy atom. The van der Waals surface area contributed by atoms with E-state index in [2.05, 4.69) is 0 Å². The third-order valence-electron chi connectivity index (χ3n) is 4.03. The Morgan fingerprint density at radius 1 is 1.17 bits per heavy atom. The Hall–Kier alpha value is -2.64. The molecule has 2 aromatic carbocycles. The quantitative estimate of drug-likeness (QED) is 0.353. The Kier molecular flexibility index (Phi) is 7.43. The fourth-order valence-corrected chi connectivity index (χ4v) is 3.87. The minimum atomic E-state index is -0.458. The van der Waals surface area contributed by atoms with Gasteiger partial charge in [0.1, 0.15) is 23.2 Å². The van der Waals surface area contributed by atoms with E-state index in [1.54, 1.807) is 6.08 Å². The van der Waals surface area contributed by atoms with Crippen LogP contribution in [-0.4, -0.2) is 34.2 Å². The van der Waals surface area contributed by atoms with Gasteiger partial charge in [0.25, 0.3) is 5.91 Å². The van der Waals surface area contributed by atoms with E-state index in [4.69, 9.17) is 21.7 Å². The third-order valence-corrected chi connectivity index (χ3v) is 5.41. The van der Waals surface area contributed by atoms with Crippen LogP contribution < -0.4 is 4.74 Å². The van der Waals surface area contributed by atoms with Gasteiger partial charge in [0.05, 0.1) is 11.5 Å². The molecule has 0 atom stereocenters. The van der Waals surface area contributed by atoms with E-state index < -0.39 is 5.97 Å². The summed E-state index contributed by atoms with van der Waals surface area (Å²) in [5, 5.41) is 0. The van der Waals surface area contributed by atoms with E-state index in [-0.39, 0.29) is 12.5 Å². The van der Waals surface area contributed by atoms with Crippen molar-refractivity contribution in [2.75, 3.05) is 13.2 Å². The molecule has 1 heterocycles. The van der Waals surface area contributed by atoms with Gasteiger partial charge in [-0.2, -0.15) is 0 Å². The highest BCUT2D eigenvalue weighted by Crippen LogP contribution is 2.33. The van der Waals surface area contributed by atoms with Gasteiger partial charge in [0, 0.05) is 0 Å². The second kappa shape index (κ2) is 10.2. The van der Waals surface area contributed by atoms with Crippen LogP contribution in [0.5, 0.6) is 5.75 Å². The van der Waals surface area contributed by atoms with Crippen LogP contribution in [0.25, 0.3) is 6.08 Å². The number of ether oxygens (including phenoxy) is 2. The minimum Gasteiger partial charge on any atom is -0.489 e. The number of amides is 1. The van der Waals surface area contributed by atoms with Gasteiger partial charge < -0.3 is 9.47 Å². The van der Waals surface area contributed by atoms with Gasteiger partial charge >= 0.3 is 5.97 Å². The maximum Gasteiger partial charge on any atom is 0.326 e. The van der Waals surface area contributed by atoms with Crippen LogP contribution in [0.3, 0.4) is 0 Å². The van der Waals surface area contributed by atoms with Crippen LogP contribution in [0.1, 0.15) is 24.5 Å². The summed E-state index contributed by atoms with van der Waals surface area (Å²) in [6, 6.07) is 17.4. The molecular formula is C22H21NO4S2. The SMILES string of the molecule is CCCOC(=O)CN1C(=O)C(=Cc2cccc(OCc3ccccc3)c2)SC1=S. The zero-order valence-electron chi connectivity index (χ0n) is 16.0. The molecule has 0 aromatic heterocycles. The summed E-state index contributed by atoms with van der Waals surface area (Å²) in [6.45, 7) is 2.54. The van der Waals surface area contributed by atoms with Gasteiger partial charge in [-0.3, -0.25) is 14.5 Å². The summed E-state index contributed by atoms with van der Waals surface area (Å²) in [6.07, 6.45) is 2.48. The number of thiocarbonyl (C=S) groups is 1. The molecule has 1 aliphatic rings. The van der Waals surface area contributed by atoms with Crippen LogP contribution in [-0.2, 0) is 20.9 Å². The Bertz CT molecular complexity index is 927. The van der Waals surface area contributed by atoms with Crippen molar-refractivity contribution in [1.29, 1.82) is 0 Å². The first kappa shape index (κ1) is 21.1. The normalized spacial score (nSPS) is 15.1. The number of nitrogens with zero attached hydrogens (tertiary/aromatic N) is 1. The van der Waals surface area contributed by atoms with Gasteiger partial charge in [-0.05, 0) is 35.8 Å². The van der Waals surface area contributed by atoms with Gasteiger partial charge in [0.2, 0.25) is 0 Å². The lowest BCUT2D eigenvalue weighted by atomic mass is 10.2. The lowest BCUT2D eigenvalue weighted by molar-refractivity contribution is -0.146. The predicted molar refractivity (Wildman–Crippen MR) is 118 cm³/mol. The Labute approximate surface area is 179 Å². The number of hydrogen-bond donors (Lipinski definition) is 0. The van der Waals surface area contributed by atoms with Gasteiger partial charge in [-0.1, -0.05) is 73.4 Å². The highest BCUT2D eigenvalue weighted by molar-refractivity contribution is 8.26. The number of carbonyl (C=O) groups is 2. The van der Waals surface area contributed by atoms with Crippen LogP contribution in [0.15, 0.2) is 59.5 Å². The fraction of sp³-hybridized carbons (Fsp3) is 0.227. The lowest BCUT2D eigenvalue weighted by Crippen LogP contribution is -2.34. The van der Waals surface area contributed by atoms with E-state index in [0.29, 0.717) is 28.2 Å². The second-order valence-electron chi connectivity index (χ2n) is 6.34. The van der Waals surface area contributed by atoms with E-state index in [1.165, 1.54) is 16.7 Å². The van der Waals surface area contributed by atoms with Crippen LogP contribution in [0.4, 0.5) is 0 Å². The molecule has 0 N–H and O–H groups in total. The molecule has 7 heteroatoms. The summed E-state index contributed by atoms with van der Waals surface area (Å²) < 4.78 is 11.2. The molecule has 1 amide bonds. The summed E-state index contributed by atoms with van der Waals surface area (Å²) in [4.78, 5) is 26.2. The standard InChI is InChI=1S/C22H21NO4S2/c1-2-11-26-20(24)14-23-21(25)19(29-22(23)28)13-17-9-6-10-18(12-17)27-15-16-7-4-3-5-8-16/h3-10,12-13H,2,11,14-15H2,1H3. The average Bonchev–Trinajstić information content (AvgIpc) is 2.99. The van der Waals surface area contributed by atoms with E-state index in [9.17, 15) is 9.59 Å². The van der Waals surface area contributed by atoms with E-state index >= 15 is 0 Å². The maximum atomic E-state index is 12.6. The molecule has 3 rings (SSSR count). The Balaban J connectivity index is 1.66. The number of thioether (sulfide) groups is 1. The maximum absolute atomic E-state index is 12.6. The smallest absolute Gasteiger partial charge is 0.326 e. The number of carbonyl (C=O) groups excluding carboxylic acids is 2. The largest absolute Gasteiger partial charge is 0.489 e. The van der Waals surface area contributed by atoms with Crippen molar-refractivity contribution in [2.45, 2.75) is 20.0 Å². The number of benzene rings is 2. The zero-order chi connectivity index (χ0) is 20.6. The molecule has 0 saturated carbocycles. The molecule has 29 heavy (non-hydrogen) atoms. The molecule has 150 valence electrons. The van der Waals surface area contributed by atoms with Gasteiger partial charge in [0.15, 0.2) is 0 Å². The first-order valence-corrected chi connectivity index (χ1v) is 10.5. The average molecular weight is 428 g/mol. The molecule has 0 spiro atoms. The van der Waals surface area contributed by atoms with Crippen molar-refractivity contribution < 1.29 is 19.1 Å². The van der Waals surface area contributed by atoms with Crippen LogP contribution in [0, 0.1) is 0 Å².